The van der Waals surface area contributed by atoms with Crippen molar-refractivity contribution in [3.05, 3.63) is 0 Å². The van der Waals surface area contributed by atoms with Gasteiger partial charge in [0, 0.05) is 20.1 Å². The van der Waals surface area contributed by atoms with Gasteiger partial charge in [-0.15, -0.1) is 0 Å². The van der Waals surface area contributed by atoms with E-state index in [9.17, 15) is 0 Å². The van der Waals surface area contributed by atoms with Crippen LogP contribution < -0.4 is 10.6 Å². The van der Waals surface area contributed by atoms with Gasteiger partial charge >= 0.3 is 0 Å². The Kier molecular flexibility index (Phi) is 11.8. The van der Waals surface area contributed by atoms with Crippen molar-refractivity contribution in [3.8, 4) is 0 Å². The van der Waals surface area contributed by atoms with Crippen LogP contribution in [0.25, 0.3) is 0 Å². The van der Waals surface area contributed by atoms with Gasteiger partial charge in [-0.2, -0.15) is 0 Å². The largest absolute Gasteiger partial charge is 0.356 e. The lowest BCUT2D eigenvalue weighted by molar-refractivity contribution is 0.300. The summed E-state index contributed by atoms with van der Waals surface area (Å²) in [5.74, 6) is 1.68. The molecule has 0 unspecified atom stereocenters. The zero-order valence-corrected chi connectivity index (χ0v) is 13.6. The van der Waals surface area contributed by atoms with Crippen LogP contribution in [0.4, 0.5) is 0 Å². The summed E-state index contributed by atoms with van der Waals surface area (Å²) >= 11 is 0. The maximum absolute atomic E-state index is 4.27. The van der Waals surface area contributed by atoms with Crippen molar-refractivity contribution in [2.45, 2.75) is 47.0 Å². The summed E-state index contributed by atoms with van der Waals surface area (Å²) in [7, 11) is 1.84. The van der Waals surface area contributed by atoms with Gasteiger partial charge in [-0.1, -0.05) is 40.5 Å². The van der Waals surface area contributed by atoms with Crippen molar-refractivity contribution in [1.82, 2.24) is 15.5 Å². The maximum Gasteiger partial charge on any atom is 0.190 e. The monoisotopic (exact) mass is 270 g/mol. The Morgan fingerprint density at radius 1 is 1.05 bits per heavy atom. The number of hydrogen-bond donors (Lipinski definition) is 2. The molecule has 0 bridgehead atoms. The van der Waals surface area contributed by atoms with Gasteiger partial charge in [-0.3, -0.25) is 4.99 Å². The van der Waals surface area contributed by atoms with Crippen LogP contribution in [0.5, 0.6) is 0 Å². The molecule has 0 spiro atoms. The highest BCUT2D eigenvalue weighted by Crippen LogP contribution is 2.04. The van der Waals surface area contributed by atoms with Gasteiger partial charge in [-0.25, -0.2) is 0 Å². The summed E-state index contributed by atoms with van der Waals surface area (Å²) in [6, 6.07) is 0. The molecule has 0 amide bonds. The van der Waals surface area contributed by atoms with E-state index >= 15 is 0 Å². The molecule has 0 heterocycles. The van der Waals surface area contributed by atoms with Gasteiger partial charge in [0.2, 0.25) is 0 Å². The van der Waals surface area contributed by atoms with Crippen LogP contribution in [0.15, 0.2) is 4.99 Å². The first kappa shape index (κ1) is 18.2. The molecule has 2 N–H and O–H groups in total. The molecule has 114 valence electrons. The Labute approximate surface area is 120 Å². The van der Waals surface area contributed by atoms with Crippen LogP contribution in [0.1, 0.15) is 47.0 Å². The summed E-state index contributed by atoms with van der Waals surface area (Å²) in [6.45, 7) is 14.4. The number of nitrogens with one attached hydrogen (secondary N) is 2. The van der Waals surface area contributed by atoms with Crippen LogP contribution in [-0.2, 0) is 0 Å². The fraction of sp³-hybridized carbons (Fsp3) is 0.933. The number of guanidine groups is 1. The molecule has 4 heteroatoms. The molecule has 0 radical (unpaired) electrons. The van der Waals surface area contributed by atoms with E-state index in [1.54, 1.807) is 0 Å². The zero-order chi connectivity index (χ0) is 14.5. The summed E-state index contributed by atoms with van der Waals surface area (Å²) in [5.41, 5.74) is 0. The fourth-order valence-electron chi connectivity index (χ4n) is 2.09. The van der Waals surface area contributed by atoms with E-state index in [0.29, 0.717) is 0 Å². The Morgan fingerprint density at radius 2 is 1.68 bits per heavy atom. The van der Waals surface area contributed by atoms with Gasteiger partial charge in [0.25, 0.3) is 0 Å². The minimum atomic E-state index is 0.745. The van der Waals surface area contributed by atoms with E-state index in [-0.39, 0.29) is 0 Å². The van der Waals surface area contributed by atoms with Crippen molar-refractivity contribution in [2.75, 3.05) is 39.8 Å². The third-order valence-corrected chi connectivity index (χ3v) is 3.77. The first-order chi connectivity index (χ1) is 9.21. The predicted molar refractivity (Wildman–Crippen MR) is 85.8 cm³/mol. The van der Waals surface area contributed by atoms with Crippen LogP contribution in [0, 0.1) is 5.92 Å². The van der Waals surface area contributed by atoms with E-state index < -0.39 is 0 Å². The quantitative estimate of drug-likeness (QED) is 0.363. The van der Waals surface area contributed by atoms with Gasteiger partial charge in [0.1, 0.15) is 0 Å². The summed E-state index contributed by atoms with van der Waals surface area (Å²) in [6.07, 6.45) is 3.61. The van der Waals surface area contributed by atoms with E-state index in [2.05, 4.69) is 48.2 Å². The Hall–Kier alpha value is -0.770. The second-order valence-corrected chi connectivity index (χ2v) is 4.94. The lowest BCUT2D eigenvalue weighted by Gasteiger charge is -2.19. The third kappa shape index (κ3) is 8.87. The van der Waals surface area contributed by atoms with Crippen LogP contribution in [0.2, 0.25) is 0 Å². The highest BCUT2D eigenvalue weighted by Gasteiger charge is 2.04. The standard InChI is InChI=1S/C15H34N4/c1-6-14(7-2)13-18-15(16-5)17-11-10-12-19(8-3)9-4/h14H,6-13H2,1-5H3,(H2,16,17,18). The van der Waals surface area contributed by atoms with Crippen molar-refractivity contribution in [2.24, 2.45) is 10.9 Å². The first-order valence-corrected chi connectivity index (χ1v) is 7.88. The van der Waals surface area contributed by atoms with E-state index in [1.807, 2.05) is 7.05 Å². The molecular formula is C15H34N4. The van der Waals surface area contributed by atoms with Crippen molar-refractivity contribution in [1.29, 1.82) is 0 Å². The van der Waals surface area contributed by atoms with Crippen molar-refractivity contribution < 1.29 is 0 Å². The SMILES string of the molecule is CCC(CC)CNC(=NC)NCCCN(CC)CC. The van der Waals surface area contributed by atoms with E-state index in [1.165, 1.54) is 12.8 Å². The first-order valence-electron chi connectivity index (χ1n) is 7.88. The Morgan fingerprint density at radius 3 is 2.16 bits per heavy atom. The van der Waals surface area contributed by atoms with Gasteiger partial charge in [0.15, 0.2) is 5.96 Å². The average molecular weight is 270 g/mol. The second-order valence-electron chi connectivity index (χ2n) is 4.94. The predicted octanol–water partition coefficient (Wildman–Crippen LogP) is 2.32. The topological polar surface area (TPSA) is 39.7 Å². The Balaban J connectivity index is 3.77. The molecule has 0 aromatic carbocycles. The van der Waals surface area contributed by atoms with Gasteiger partial charge in [-0.05, 0) is 32.0 Å². The van der Waals surface area contributed by atoms with Crippen LogP contribution in [-0.4, -0.2) is 50.6 Å². The molecule has 19 heavy (non-hydrogen) atoms. The lowest BCUT2D eigenvalue weighted by atomic mass is 10.0. The van der Waals surface area contributed by atoms with Crippen LogP contribution in [0.3, 0.4) is 0 Å². The average Bonchev–Trinajstić information content (AvgIpc) is 2.46. The molecule has 0 atom stereocenters. The van der Waals surface area contributed by atoms with E-state index in [0.717, 1.165) is 51.0 Å². The third-order valence-electron chi connectivity index (χ3n) is 3.77. The molecule has 0 fully saturated rings. The molecule has 0 rings (SSSR count). The highest BCUT2D eigenvalue weighted by atomic mass is 15.2. The second kappa shape index (κ2) is 12.3. The molecule has 0 saturated carbocycles. The molecular weight excluding hydrogens is 236 g/mol. The van der Waals surface area contributed by atoms with Crippen molar-refractivity contribution in [3.63, 3.8) is 0 Å². The maximum atomic E-state index is 4.27. The minimum Gasteiger partial charge on any atom is -0.356 e. The molecule has 4 nitrogen and oxygen atoms in total. The molecule has 0 aromatic heterocycles. The number of rotatable bonds is 10. The number of hydrogen-bond acceptors (Lipinski definition) is 2. The molecule has 0 aliphatic heterocycles. The van der Waals surface area contributed by atoms with Gasteiger partial charge in [0.05, 0.1) is 0 Å². The summed E-state index contributed by atoms with van der Waals surface area (Å²) < 4.78 is 0. The Bertz CT molecular complexity index is 220. The molecule has 0 aliphatic carbocycles. The lowest BCUT2D eigenvalue weighted by Crippen LogP contribution is -2.40. The van der Waals surface area contributed by atoms with E-state index in [4.69, 9.17) is 0 Å². The smallest absolute Gasteiger partial charge is 0.190 e. The highest BCUT2D eigenvalue weighted by molar-refractivity contribution is 5.79. The number of nitrogens with zero attached hydrogens (tertiary/aromatic N) is 2. The number of aliphatic imine (C=N–C) groups is 1. The molecule has 0 aliphatic rings. The normalized spacial score (nSPS) is 12.3. The van der Waals surface area contributed by atoms with Gasteiger partial charge < -0.3 is 15.5 Å². The minimum absolute atomic E-state index is 0.745. The molecule has 0 aromatic rings. The van der Waals surface area contributed by atoms with Crippen molar-refractivity contribution >= 4 is 5.96 Å². The summed E-state index contributed by atoms with van der Waals surface area (Å²) in [5, 5.41) is 6.80. The zero-order valence-electron chi connectivity index (χ0n) is 13.6. The molecule has 0 saturated heterocycles. The van der Waals surface area contributed by atoms with Crippen LogP contribution >= 0.6 is 0 Å². The fourth-order valence-corrected chi connectivity index (χ4v) is 2.09. The summed E-state index contributed by atoms with van der Waals surface area (Å²) in [4.78, 5) is 6.71.